The molecule has 54 heavy (non-hydrogen) atoms. The Morgan fingerprint density at radius 2 is 1.02 bits per heavy atom. The smallest absolute Gasteiger partial charge is 0.160 e. The zero-order chi connectivity index (χ0) is 35.6. The summed E-state index contributed by atoms with van der Waals surface area (Å²) in [4.78, 5) is 14.9. The fraction of sp³-hybridized carbons (Fsp3) is 0. The Hall–Kier alpha value is -7.37. The number of benzene rings is 7. The molecule has 0 saturated carbocycles. The molecule has 0 aliphatic heterocycles. The molecule has 252 valence electrons. The predicted octanol–water partition coefficient (Wildman–Crippen LogP) is 13.2. The number of furan rings is 2. The highest BCUT2D eigenvalue weighted by Crippen LogP contribution is 2.45. The molecule has 4 heterocycles. The summed E-state index contributed by atoms with van der Waals surface area (Å²) in [5, 5.41) is 5.36. The van der Waals surface area contributed by atoms with Crippen molar-refractivity contribution in [3.8, 4) is 56.2 Å². The number of rotatable bonds is 5. The molecule has 5 nitrogen and oxygen atoms in total. The molecule has 0 unspecified atom stereocenters. The van der Waals surface area contributed by atoms with Crippen molar-refractivity contribution < 1.29 is 8.83 Å². The number of para-hydroxylation sites is 3. The minimum Gasteiger partial charge on any atom is -0.455 e. The molecule has 0 amide bonds. The molecule has 5 heteroatoms. The van der Waals surface area contributed by atoms with Gasteiger partial charge in [0.2, 0.25) is 0 Å². The molecule has 0 aliphatic carbocycles. The van der Waals surface area contributed by atoms with E-state index in [-0.39, 0.29) is 0 Å². The number of hydrogen-bond acceptors (Lipinski definition) is 5. The van der Waals surface area contributed by atoms with Gasteiger partial charge in [0.25, 0.3) is 0 Å². The lowest BCUT2D eigenvalue weighted by Crippen LogP contribution is -1.96. The van der Waals surface area contributed by atoms with Crippen LogP contribution in [-0.2, 0) is 0 Å². The maximum atomic E-state index is 6.77. The maximum Gasteiger partial charge on any atom is 0.160 e. The molecule has 7 aromatic carbocycles. The van der Waals surface area contributed by atoms with Crippen molar-refractivity contribution >= 4 is 54.8 Å². The van der Waals surface area contributed by atoms with Crippen LogP contribution in [0.2, 0.25) is 0 Å². The van der Waals surface area contributed by atoms with Crippen molar-refractivity contribution in [3.63, 3.8) is 0 Å². The first-order valence-corrected chi connectivity index (χ1v) is 18.0. The van der Waals surface area contributed by atoms with Gasteiger partial charge in [-0.3, -0.25) is 4.98 Å². The quantitative estimate of drug-likeness (QED) is 0.180. The summed E-state index contributed by atoms with van der Waals surface area (Å²) < 4.78 is 13.3. The summed E-state index contributed by atoms with van der Waals surface area (Å²) in [5.74, 6) is 0.637. The Bertz CT molecular complexity index is 3210. The number of nitrogens with zero attached hydrogens (tertiary/aromatic N) is 3. The Morgan fingerprint density at radius 1 is 0.370 bits per heavy atom. The van der Waals surface area contributed by atoms with Crippen molar-refractivity contribution in [1.29, 1.82) is 0 Å². The molecular formula is C49H29N3O2. The molecular weight excluding hydrogens is 663 g/mol. The van der Waals surface area contributed by atoms with Gasteiger partial charge >= 0.3 is 0 Å². The first kappa shape index (κ1) is 30.3. The van der Waals surface area contributed by atoms with Crippen LogP contribution in [-0.4, -0.2) is 15.0 Å². The van der Waals surface area contributed by atoms with Crippen molar-refractivity contribution in [3.05, 3.63) is 176 Å². The van der Waals surface area contributed by atoms with E-state index >= 15 is 0 Å². The maximum absolute atomic E-state index is 6.77. The lowest BCUT2D eigenvalue weighted by atomic mass is 9.94. The predicted molar refractivity (Wildman–Crippen MR) is 219 cm³/mol. The van der Waals surface area contributed by atoms with Crippen LogP contribution in [0.5, 0.6) is 0 Å². The van der Waals surface area contributed by atoms with Crippen molar-refractivity contribution in [1.82, 2.24) is 15.0 Å². The topological polar surface area (TPSA) is 65.0 Å². The molecule has 11 aromatic rings. The van der Waals surface area contributed by atoms with Crippen LogP contribution in [0.3, 0.4) is 0 Å². The summed E-state index contributed by atoms with van der Waals surface area (Å²) in [6.07, 6.45) is 1.83. The number of hydrogen-bond donors (Lipinski definition) is 0. The third-order valence-corrected chi connectivity index (χ3v) is 10.4. The molecule has 0 bridgehead atoms. The lowest BCUT2D eigenvalue weighted by molar-refractivity contribution is 0.669. The van der Waals surface area contributed by atoms with E-state index in [4.69, 9.17) is 18.8 Å². The highest BCUT2D eigenvalue weighted by molar-refractivity contribution is 6.19. The monoisotopic (exact) mass is 691 g/mol. The van der Waals surface area contributed by atoms with Gasteiger partial charge in [-0.25, -0.2) is 9.97 Å². The van der Waals surface area contributed by atoms with Crippen molar-refractivity contribution in [2.75, 3.05) is 0 Å². The van der Waals surface area contributed by atoms with Gasteiger partial charge in [-0.15, -0.1) is 0 Å². The average Bonchev–Trinajstić information content (AvgIpc) is 3.83. The van der Waals surface area contributed by atoms with Crippen LogP contribution in [0.25, 0.3) is 111 Å². The fourth-order valence-electron chi connectivity index (χ4n) is 7.84. The van der Waals surface area contributed by atoms with Gasteiger partial charge in [-0.1, -0.05) is 133 Å². The Balaban J connectivity index is 1.11. The van der Waals surface area contributed by atoms with Gasteiger partial charge < -0.3 is 8.83 Å². The van der Waals surface area contributed by atoms with Crippen LogP contribution < -0.4 is 0 Å². The van der Waals surface area contributed by atoms with Crippen molar-refractivity contribution in [2.24, 2.45) is 0 Å². The molecule has 0 aliphatic rings. The van der Waals surface area contributed by atoms with Gasteiger partial charge in [-0.2, -0.15) is 0 Å². The van der Waals surface area contributed by atoms with E-state index in [9.17, 15) is 0 Å². The molecule has 0 fully saturated rings. The first-order chi connectivity index (χ1) is 26.8. The van der Waals surface area contributed by atoms with Crippen LogP contribution in [0.15, 0.2) is 185 Å². The van der Waals surface area contributed by atoms with Gasteiger partial charge in [0, 0.05) is 55.4 Å². The van der Waals surface area contributed by atoms with Crippen LogP contribution >= 0.6 is 0 Å². The lowest BCUT2D eigenvalue weighted by Gasteiger charge is -2.12. The highest BCUT2D eigenvalue weighted by atomic mass is 16.3. The molecule has 0 saturated heterocycles. The molecule has 0 atom stereocenters. The zero-order valence-electron chi connectivity index (χ0n) is 28.9. The summed E-state index contributed by atoms with van der Waals surface area (Å²) >= 11 is 0. The summed E-state index contributed by atoms with van der Waals surface area (Å²) in [7, 11) is 0. The molecule has 11 rings (SSSR count). The second kappa shape index (κ2) is 12.1. The van der Waals surface area contributed by atoms with Gasteiger partial charge in [0.15, 0.2) is 5.82 Å². The first-order valence-electron chi connectivity index (χ1n) is 18.0. The number of pyridine rings is 1. The Kier molecular flexibility index (Phi) is 6.79. The summed E-state index contributed by atoms with van der Waals surface area (Å²) in [6.45, 7) is 0. The van der Waals surface area contributed by atoms with Crippen LogP contribution in [0, 0.1) is 0 Å². The van der Waals surface area contributed by atoms with E-state index in [1.54, 1.807) is 0 Å². The van der Waals surface area contributed by atoms with E-state index in [2.05, 4.69) is 120 Å². The van der Waals surface area contributed by atoms with Gasteiger partial charge in [-0.05, 0) is 53.1 Å². The van der Waals surface area contributed by atoms with Crippen LogP contribution in [0.4, 0.5) is 0 Å². The summed E-state index contributed by atoms with van der Waals surface area (Å²) in [5.41, 5.74) is 13.0. The molecule has 0 N–H and O–H groups in total. The minimum atomic E-state index is 0.637. The van der Waals surface area contributed by atoms with E-state index in [1.165, 1.54) is 0 Å². The standard InChI is InChI=1S/C49H29N3O2/c1-2-11-31(12-3-1)42-29-43(52-49(51-42)32-24-22-30(23-25-32)33-15-9-19-41-34(33)18-10-28-50-41)39-27-26-36(46-40-14-5-7-21-45(40)54-48(39)46)38-17-8-16-37-35-13-4-6-20-44(35)53-47(37)38/h1-29H. The Labute approximate surface area is 309 Å². The number of aromatic nitrogens is 3. The number of fused-ring (bicyclic) bond motifs is 7. The zero-order valence-corrected chi connectivity index (χ0v) is 28.9. The fourth-order valence-corrected chi connectivity index (χ4v) is 7.84. The van der Waals surface area contributed by atoms with E-state index in [0.29, 0.717) is 5.82 Å². The highest BCUT2D eigenvalue weighted by Gasteiger charge is 2.22. The molecule has 4 aromatic heterocycles. The Morgan fingerprint density at radius 3 is 1.89 bits per heavy atom. The van der Waals surface area contributed by atoms with Gasteiger partial charge in [0.1, 0.15) is 22.3 Å². The normalized spacial score (nSPS) is 11.7. The third-order valence-electron chi connectivity index (χ3n) is 10.4. The minimum absolute atomic E-state index is 0.637. The van der Waals surface area contributed by atoms with E-state index in [1.807, 2.05) is 60.8 Å². The van der Waals surface area contributed by atoms with Crippen LogP contribution in [0.1, 0.15) is 0 Å². The molecule has 0 spiro atoms. The average molecular weight is 692 g/mol. The second-order valence-corrected chi connectivity index (χ2v) is 13.5. The second-order valence-electron chi connectivity index (χ2n) is 13.5. The van der Waals surface area contributed by atoms with E-state index < -0.39 is 0 Å². The SMILES string of the molecule is c1ccc(-c2cc(-c3ccc(-c4cccc5c4oc4ccccc45)c4c3oc3ccccc34)nc(-c3ccc(-c4cccc5ncccc45)cc3)n2)cc1. The molecule has 0 radical (unpaired) electrons. The largest absolute Gasteiger partial charge is 0.455 e. The van der Waals surface area contributed by atoms with E-state index in [0.717, 1.165) is 105 Å². The van der Waals surface area contributed by atoms with Crippen molar-refractivity contribution in [2.45, 2.75) is 0 Å². The third kappa shape index (κ3) is 4.83. The van der Waals surface area contributed by atoms with Gasteiger partial charge in [0.05, 0.1) is 16.9 Å². The summed E-state index contributed by atoms with van der Waals surface area (Å²) in [6, 6.07) is 58.3.